The van der Waals surface area contributed by atoms with Crippen LogP contribution in [0.3, 0.4) is 0 Å². The summed E-state index contributed by atoms with van der Waals surface area (Å²) in [5.74, 6) is -0.164. The van der Waals surface area contributed by atoms with Crippen LogP contribution in [0.1, 0.15) is 40.9 Å². The van der Waals surface area contributed by atoms with Gasteiger partial charge in [0.15, 0.2) is 0 Å². The number of piperidine rings is 1. The number of thiophene rings is 1. The van der Waals surface area contributed by atoms with Crippen LogP contribution in [0.4, 0.5) is 4.39 Å². The summed E-state index contributed by atoms with van der Waals surface area (Å²) < 4.78 is 14.0. The van der Waals surface area contributed by atoms with Gasteiger partial charge in [-0.05, 0) is 43.2 Å². The second-order valence-corrected chi connectivity index (χ2v) is 8.28. The van der Waals surface area contributed by atoms with E-state index in [1.165, 1.54) is 17.4 Å². The van der Waals surface area contributed by atoms with Gasteiger partial charge < -0.3 is 9.80 Å². The Morgan fingerprint density at radius 2 is 1.81 bits per heavy atom. The molecule has 27 heavy (non-hydrogen) atoms. The van der Waals surface area contributed by atoms with Crippen molar-refractivity contribution in [3.05, 3.63) is 58.0 Å². The Kier molecular flexibility index (Phi) is 5.25. The number of amides is 2. The molecule has 6 heteroatoms. The summed E-state index contributed by atoms with van der Waals surface area (Å²) in [7, 11) is 0. The van der Waals surface area contributed by atoms with Crippen molar-refractivity contribution in [2.75, 3.05) is 13.1 Å². The van der Waals surface area contributed by atoms with Crippen molar-refractivity contribution in [3.63, 3.8) is 0 Å². The Hall–Kier alpha value is -2.21. The molecule has 1 aromatic heterocycles. The van der Waals surface area contributed by atoms with Crippen molar-refractivity contribution < 1.29 is 14.0 Å². The topological polar surface area (TPSA) is 40.6 Å². The molecule has 0 atom stereocenters. The van der Waals surface area contributed by atoms with Crippen LogP contribution in [-0.2, 0) is 11.3 Å². The summed E-state index contributed by atoms with van der Waals surface area (Å²) in [5.41, 5.74) is 0.572. The van der Waals surface area contributed by atoms with E-state index in [-0.39, 0.29) is 29.6 Å². The number of hydrogen-bond donors (Lipinski definition) is 0. The monoisotopic (exact) mass is 386 g/mol. The molecule has 0 bridgehead atoms. The van der Waals surface area contributed by atoms with Gasteiger partial charge in [-0.3, -0.25) is 9.59 Å². The molecule has 1 aliphatic carbocycles. The number of hydrogen-bond acceptors (Lipinski definition) is 3. The maximum absolute atomic E-state index is 14.0. The first-order valence-corrected chi connectivity index (χ1v) is 10.4. The van der Waals surface area contributed by atoms with E-state index in [2.05, 4.69) is 0 Å². The van der Waals surface area contributed by atoms with Crippen molar-refractivity contribution in [1.82, 2.24) is 9.80 Å². The number of nitrogens with zero attached hydrogens (tertiary/aromatic N) is 2. The van der Waals surface area contributed by atoms with Crippen molar-refractivity contribution in [3.8, 4) is 0 Å². The van der Waals surface area contributed by atoms with Gasteiger partial charge in [0.05, 0.1) is 4.88 Å². The maximum atomic E-state index is 14.0. The number of likely N-dealkylation sites (tertiary alicyclic amines) is 1. The van der Waals surface area contributed by atoms with Gasteiger partial charge >= 0.3 is 0 Å². The zero-order valence-corrected chi connectivity index (χ0v) is 16.0. The molecule has 4 nitrogen and oxygen atoms in total. The first kappa shape index (κ1) is 18.2. The highest BCUT2D eigenvalue weighted by molar-refractivity contribution is 7.12. The third kappa shape index (κ3) is 4.05. The lowest BCUT2D eigenvalue weighted by molar-refractivity contribution is -0.138. The molecule has 2 amide bonds. The van der Waals surface area contributed by atoms with Gasteiger partial charge in [0, 0.05) is 37.2 Å². The summed E-state index contributed by atoms with van der Waals surface area (Å²) in [4.78, 5) is 30.0. The van der Waals surface area contributed by atoms with Crippen LogP contribution in [0, 0.1) is 11.7 Å². The zero-order valence-electron chi connectivity index (χ0n) is 15.1. The van der Waals surface area contributed by atoms with Gasteiger partial charge in [0.1, 0.15) is 5.82 Å². The molecule has 1 saturated heterocycles. The highest BCUT2D eigenvalue weighted by Gasteiger charge is 2.37. The van der Waals surface area contributed by atoms with E-state index < -0.39 is 0 Å². The molecule has 4 rings (SSSR count). The van der Waals surface area contributed by atoms with Gasteiger partial charge in [-0.1, -0.05) is 24.3 Å². The van der Waals surface area contributed by atoms with Crippen molar-refractivity contribution in [1.29, 1.82) is 0 Å². The fourth-order valence-electron chi connectivity index (χ4n) is 3.70. The van der Waals surface area contributed by atoms with E-state index in [1.54, 1.807) is 12.1 Å². The number of benzene rings is 1. The van der Waals surface area contributed by atoms with Gasteiger partial charge in [0.2, 0.25) is 5.91 Å². The molecule has 2 aliphatic rings. The number of carbonyl (C=O) groups excluding carboxylic acids is 2. The van der Waals surface area contributed by atoms with E-state index in [0.29, 0.717) is 38.0 Å². The molecule has 0 radical (unpaired) electrons. The quantitative estimate of drug-likeness (QED) is 0.781. The Bertz CT molecular complexity index is 811. The summed E-state index contributed by atoms with van der Waals surface area (Å²) in [6.07, 6.45) is 3.35. The standard InChI is InChI=1S/C21H23FN2O2S/c22-18-5-2-1-4-16(18)14-24(17-7-8-17)20(25)15-9-11-23(12-10-15)21(26)19-6-3-13-27-19/h1-6,13,15,17H,7-12,14H2. The third-order valence-electron chi connectivity index (χ3n) is 5.43. The second-order valence-electron chi connectivity index (χ2n) is 7.33. The Morgan fingerprint density at radius 3 is 2.44 bits per heavy atom. The first-order valence-electron chi connectivity index (χ1n) is 9.50. The van der Waals surface area contributed by atoms with Crippen LogP contribution in [-0.4, -0.2) is 40.7 Å². The van der Waals surface area contributed by atoms with Crippen molar-refractivity contribution >= 4 is 23.2 Å². The molecule has 2 heterocycles. The minimum absolute atomic E-state index is 0.0568. The van der Waals surface area contributed by atoms with E-state index in [1.807, 2.05) is 33.4 Å². The highest BCUT2D eigenvalue weighted by atomic mass is 32.1. The summed E-state index contributed by atoms with van der Waals surface area (Å²) in [5, 5.41) is 1.90. The molecule has 2 aromatic rings. The molecule has 0 unspecified atom stereocenters. The predicted octanol–water partition coefficient (Wildman–Crippen LogP) is 3.93. The molecule has 0 spiro atoms. The van der Waals surface area contributed by atoms with Gasteiger partial charge in [-0.25, -0.2) is 4.39 Å². The van der Waals surface area contributed by atoms with Crippen LogP contribution in [0.15, 0.2) is 41.8 Å². The summed E-state index contributed by atoms with van der Waals surface area (Å²) in [6, 6.07) is 10.6. The molecular weight excluding hydrogens is 363 g/mol. The average Bonchev–Trinajstić information content (AvgIpc) is 3.39. The van der Waals surface area contributed by atoms with Crippen LogP contribution in [0.2, 0.25) is 0 Å². The maximum Gasteiger partial charge on any atom is 0.263 e. The largest absolute Gasteiger partial charge is 0.338 e. The smallest absolute Gasteiger partial charge is 0.263 e. The van der Waals surface area contributed by atoms with E-state index >= 15 is 0 Å². The molecule has 1 aromatic carbocycles. The molecule has 1 aliphatic heterocycles. The SMILES string of the molecule is O=C(c1cccs1)N1CCC(C(=O)N(Cc2ccccc2F)C2CC2)CC1. The average molecular weight is 386 g/mol. The molecule has 142 valence electrons. The molecule has 1 saturated carbocycles. The van der Waals surface area contributed by atoms with Gasteiger partial charge in [-0.15, -0.1) is 11.3 Å². The highest BCUT2D eigenvalue weighted by Crippen LogP contribution is 2.32. The van der Waals surface area contributed by atoms with E-state index in [9.17, 15) is 14.0 Å². The second kappa shape index (κ2) is 7.80. The van der Waals surface area contributed by atoms with Crippen molar-refractivity contribution in [2.24, 2.45) is 5.92 Å². The molecular formula is C21H23FN2O2S. The normalized spacial score (nSPS) is 17.7. The van der Waals surface area contributed by atoms with Crippen LogP contribution in [0.25, 0.3) is 0 Å². The first-order chi connectivity index (χ1) is 13.1. The predicted molar refractivity (Wildman–Crippen MR) is 103 cm³/mol. The lowest BCUT2D eigenvalue weighted by Gasteiger charge is -2.34. The van der Waals surface area contributed by atoms with Crippen LogP contribution < -0.4 is 0 Å². The van der Waals surface area contributed by atoms with Gasteiger partial charge in [-0.2, -0.15) is 0 Å². The fraction of sp³-hybridized carbons (Fsp3) is 0.429. The number of halogens is 1. The minimum Gasteiger partial charge on any atom is -0.338 e. The summed E-state index contributed by atoms with van der Waals surface area (Å²) >= 11 is 1.45. The fourth-order valence-corrected chi connectivity index (χ4v) is 4.39. The Labute approximate surface area is 162 Å². The van der Waals surface area contributed by atoms with Crippen LogP contribution >= 0.6 is 11.3 Å². The number of rotatable bonds is 5. The van der Waals surface area contributed by atoms with E-state index in [0.717, 1.165) is 17.7 Å². The Balaban J connectivity index is 1.38. The van der Waals surface area contributed by atoms with Gasteiger partial charge in [0.25, 0.3) is 5.91 Å². The van der Waals surface area contributed by atoms with E-state index in [4.69, 9.17) is 0 Å². The molecule has 0 N–H and O–H groups in total. The van der Waals surface area contributed by atoms with Crippen molar-refractivity contribution in [2.45, 2.75) is 38.3 Å². The Morgan fingerprint density at radius 1 is 1.07 bits per heavy atom. The third-order valence-corrected chi connectivity index (χ3v) is 6.29. The number of carbonyl (C=O) groups is 2. The molecule has 2 fully saturated rings. The summed E-state index contributed by atoms with van der Waals surface area (Å²) in [6.45, 7) is 1.54. The lowest BCUT2D eigenvalue weighted by atomic mass is 9.94. The zero-order chi connectivity index (χ0) is 18.8. The minimum atomic E-state index is -0.257. The van der Waals surface area contributed by atoms with Crippen LogP contribution in [0.5, 0.6) is 0 Å². The lowest BCUT2D eigenvalue weighted by Crippen LogP contribution is -2.44.